The standard InChI is InChI=1S/C25H29FN8O2S/c1-17(36)33-11-10-27-22(14-33)34(16-35)13-18-12-29-24(37-18)20-5-6-21(32-31-20)30-15-25(7-3-8-25)23-19(26)4-2-9-28-23/h2,4-6,9,12,16,22,27H,3,7-8,10-11,13-15H2,1H3,(H,30,32)/t22-/m0/s1. The lowest BCUT2D eigenvalue weighted by atomic mass is 9.66. The van der Waals surface area contributed by atoms with Crippen LogP contribution in [0.25, 0.3) is 10.7 Å². The molecule has 5 rings (SSSR count). The van der Waals surface area contributed by atoms with Crippen molar-refractivity contribution in [1.82, 2.24) is 35.3 Å². The number of hydrogen-bond acceptors (Lipinski definition) is 9. The molecule has 2 fully saturated rings. The highest BCUT2D eigenvalue weighted by atomic mass is 32.1. The predicted octanol–water partition coefficient (Wildman–Crippen LogP) is 2.40. The number of hydrogen-bond donors (Lipinski definition) is 2. The number of thiazole rings is 1. The number of nitrogens with one attached hydrogen (secondary N) is 2. The van der Waals surface area contributed by atoms with Crippen molar-refractivity contribution in [3.05, 3.63) is 53.0 Å². The van der Waals surface area contributed by atoms with Gasteiger partial charge in [0, 0.05) is 49.2 Å². The first-order valence-electron chi connectivity index (χ1n) is 12.3. The number of nitrogens with zero attached hydrogens (tertiary/aromatic N) is 6. The molecular weight excluding hydrogens is 495 g/mol. The van der Waals surface area contributed by atoms with E-state index in [1.54, 1.807) is 28.3 Å². The average Bonchev–Trinajstić information content (AvgIpc) is 3.36. The van der Waals surface area contributed by atoms with Crippen LogP contribution in [0.4, 0.5) is 10.2 Å². The normalized spacial score (nSPS) is 18.6. The minimum atomic E-state index is -0.324. The van der Waals surface area contributed by atoms with Crippen LogP contribution in [0.3, 0.4) is 0 Å². The van der Waals surface area contributed by atoms with Gasteiger partial charge >= 0.3 is 0 Å². The van der Waals surface area contributed by atoms with Gasteiger partial charge in [0.15, 0.2) is 0 Å². The molecule has 4 heterocycles. The van der Waals surface area contributed by atoms with Gasteiger partial charge in [-0.2, -0.15) is 0 Å². The van der Waals surface area contributed by atoms with E-state index < -0.39 is 0 Å². The van der Waals surface area contributed by atoms with E-state index in [1.165, 1.54) is 24.3 Å². The molecule has 1 atom stereocenters. The molecule has 12 heteroatoms. The lowest BCUT2D eigenvalue weighted by Gasteiger charge is -2.41. The molecular formula is C25H29FN8O2S. The van der Waals surface area contributed by atoms with Crippen LogP contribution in [0.2, 0.25) is 0 Å². The summed E-state index contributed by atoms with van der Waals surface area (Å²) in [6, 6.07) is 6.75. The monoisotopic (exact) mass is 524 g/mol. The zero-order chi connectivity index (χ0) is 25.8. The van der Waals surface area contributed by atoms with Gasteiger partial charge in [-0.05, 0) is 37.1 Å². The number of halogens is 1. The van der Waals surface area contributed by atoms with Gasteiger partial charge in [0.1, 0.15) is 28.5 Å². The molecule has 10 nitrogen and oxygen atoms in total. The largest absolute Gasteiger partial charge is 0.368 e. The van der Waals surface area contributed by atoms with E-state index in [9.17, 15) is 14.0 Å². The van der Waals surface area contributed by atoms with E-state index in [4.69, 9.17) is 0 Å². The summed E-state index contributed by atoms with van der Waals surface area (Å²) in [6.45, 7) is 4.17. The van der Waals surface area contributed by atoms with Crippen LogP contribution in [0.15, 0.2) is 36.7 Å². The Morgan fingerprint density at radius 1 is 1.32 bits per heavy atom. The summed E-state index contributed by atoms with van der Waals surface area (Å²) in [6.07, 6.45) is 6.72. The van der Waals surface area contributed by atoms with Gasteiger partial charge in [-0.25, -0.2) is 9.37 Å². The fourth-order valence-corrected chi connectivity index (χ4v) is 5.70. The van der Waals surface area contributed by atoms with Crippen LogP contribution in [0.1, 0.15) is 36.8 Å². The number of carbonyl (C=O) groups is 2. The third kappa shape index (κ3) is 5.44. The van der Waals surface area contributed by atoms with E-state index in [0.717, 1.165) is 30.5 Å². The van der Waals surface area contributed by atoms with Crippen LogP contribution in [-0.4, -0.2) is 74.6 Å². The minimum absolute atomic E-state index is 0.000638. The number of aromatic nitrogens is 4. The van der Waals surface area contributed by atoms with Gasteiger partial charge < -0.3 is 15.1 Å². The number of pyridine rings is 1. The zero-order valence-electron chi connectivity index (χ0n) is 20.6. The van der Waals surface area contributed by atoms with E-state index in [1.807, 2.05) is 12.1 Å². The molecule has 1 aliphatic heterocycles. The maximum atomic E-state index is 14.4. The Bertz CT molecular complexity index is 1250. The molecule has 2 aliphatic rings. The first-order valence-corrected chi connectivity index (χ1v) is 13.1. The van der Waals surface area contributed by atoms with E-state index >= 15 is 0 Å². The molecule has 0 aromatic carbocycles. The van der Waals surface area contributed by atoms with Crippen LogP contribution >= 0.6 is 11.3 Å². The third-order valence-electron chi connectivity index (χ3n) is 7.09. The zero-order valence-corrected chi connectivity index (χ0v) is 21.4. The minimum Gasteiger partial charge on any atom is -0.368 e. The van der Waals surface area contributed by atoms with Crippen molar-refractivity contribution in [1.29, 1.82) is 0 Å². The highest BCUT2D eigenvalue weighted by molar-refractivity contribution is 7.15. The van der Waals surface area contributed by atoms with Crippen molar-refractivity contribution >= 4 is 29.5 Å². The molecule has 3 aromatic rings. The van der Waals surface area contributed by atoms with Crippen molar-refractivity contribution in [3.63, 3.8) is 0 Å². The second-order valence-corrected chi connectivity index (χ2v) is 10.6. The van der Waals surface area contributed by atoms with Gasteiger partial charge in [0.05, 0.1) is 18.8 Å². The Morgan fingerprint density at radius 2 is 2.19 bits per heavy atom. The third-order valence-corrected chi connectivity index (χ3v) is 8.10. The smallest absolute Gasteiger partial charge is 0.219 e. The van der Waals surface area contributed by atoms with E-state index in [2.05, 4.69) is 30.8 Å². The number of anilines is 1. The summed E-state index contributed by atoms with van der Waals surface area (Å²) in [5.41, 5.74) is 0.817. The van der Waals surface area contributed by atoms with Gasteiger partial charge in [-0.1, -0.05) is 6.42 Å². The molecule has 194 valence electrons. The molecule has 0 spiro atoms. The van der Waals surface area contributed by atoms with Crippen LogP contribution in [0.5, 0.6) is 0 Å². The molecule has 0 bridgehead atoms. The lowest BCUT2D eigenvalue weighted by Crippen LogP contribution is -2.58. The summed E-state index contributed by atoms with van der Waals surface area (Å²) in [5, 5.41) is 15.9. The summed E-state index contributed by atoms with van der Waals surface area (Å²) in [5.74, 6) is 0.336. The summed E-state index contributed by atoms with van der Waals surface area (Å²) >= 11 is 1.44. The maximum absolute atomic E-state index is 14.4. The fraction of sp³-hybridized carbons (Fsp3) is 0.440. The number of amides is 2. The highest BCUT2D eigenvalue weighted by Crippen LogP contribution is 2.43. The number of carbonyl (C=O) groups excluding carboxylic acids is 2. The molecule has 1 aliphatic carbocycles. The molecule has 0 unspecified atom stereocenters. The van der Waals surface area contributed by atoms with Crippen LogP contribution < -0.4 is 10.6 Å². The van der Waals surface area contributed by atoms with E-state index in [-0.39, 0.29) is 23.3 Å². The van der Waals surface area contributed by atoms with Gasteiger partial charge in [0.2, 0.25) is 12.3 Å². The maximum Gasteiger partial charge on any atom is 0.219 e. The molecule has 37 heavy (non-hydrogen) atoms. The second-order valence-electron chi connectivity index (χ2n) is 9.47. The van der Waals surface area contributed by atoms with Gasteiger partial charge in [0.25, 0.3) is 0 Å². The molecule has 0 radical (unpaired) electrons. The van der Waals surface area contributed by atoms with Crippen molar-refractivity contribution in [3.8, 4) is 10.7 Å². The summed E-state index contributed by atoms with van der Waals surface area (Å²) in [7, 11) is 0. The number of rotatable bonds is 9. The number of piperazine rings is 1. The van der Waals surface area contributed by atoms with Crippen molar-refractivity contribution in [2.75, 3.05) is 31.5 Å². The van der Waals surface area contributed by atoms with Crippen molar-refractivity contribution in [2.24, 2.45) is 0 Å². The van der Waals surface area contributed by atoms with Crippen molar-refractivity contribution in [2.45, 2.75) is 44.3 Å². The Morgan fingerprint density at radius 3 is 2.86 bits per heavy atom. The Hall–Kier alpha value is -3.51. The lowest BCUT2D eigenvalue weighted by molar-refractivity contribution is -0.133. The molecule has 3 aromatic heterocycles. The Balaban J connectivity index is 1.20. The molecule has 1 saturated heterocycles. The van der Waals surface area contributed by atoms with Crippen LogP contribution in [0, 0.1) is 5.82 Å². The fourth-order valence-electron chi connectivity index (χ4n) is 4.82. The topological polar surface area (TPSA) is 116 Å². The Labute approximate surface area is 218 Å². The predicted molar refractivity (Wildman–Crippen MR) is 137 cm³/mol. The highest BCUT2D eigenvalue weighted by Gasteiger charge is 2.41. The van der Waals surface area contributed by atoms with Crippen LogP contribution in [-0.2, 0) is 21.5 Å². The van der Waals surface area contributed by atoms with Gasteiger partial charge in [-0.3, -0.25) is 19.9 Å². The second kappa shape index (κ2) is 10.9. The average molecular weight is 525 g/mol. The van der Waals surface area contributed by atoms with E-state index in [0.29, 0.717) is 54.9 Å². The Kier molecular flexibility index (Phi) is 7.38. The summed E-state index contributed by atoms with van der Waals surface area (Å²) < 4.78 is 14.4. The first-order chi connectivity index (χ1) is 18.0. The molecule has 2 N–H and O–H groups in total. The first kappa shape index (κ1) is 25.2. The summed E-state index contributed by atoms with van der Waals surface area (Å²) in [4.78, 5) is 36.6. The molecule has 2 amide bonds. The SMILES string of the molecule is CC(=O)N1CCN[C@@H](N(C=O)Cc2cnc(-c3ccc(NCC4(c5ncccc5F)CCC4)nn3)s2)C1. The quantitative estimate of drug-likeness (QED) is 0.410. The molecule has 1 saturated carbocycles. The van der Waals surface area contributed by atoms with Crippen molar-refractivity contribution < 1.29 is 14.0 Å². The van der Waals surface area contributed by atoms with Gasteiger partial charge in [-0.15, -0.1) is 21.5 Å².